The minimum Gasteiger partial charge on any atom is -0.456 e. The van der Waals surface area contributed by atoms with Gasteiger partial charge in [0.05, 0.1) is 4.90 Å². The van der Waals surface area contributed by atoms with Crippen molar-refractivity contribution in [3.63, 3.8) is 0 Å². The maximum absolute atomic E-state index is 12.5. The van der Waals surface area contributed by atoms with Gasteiger partial charge < -0.3 is 15.0 Å². The van der Waals surface area contributed by atoms with Crippen LogP contribution in [0.4, 0.5) is 5.69 Å². The van der Waals surface area contributed by atoms with E-state index in [1.165, 1.54) is 28.6 Å². The molecule has 1 aromatic heterocycles. The van der Waals surface area contributed by atoms with Crippen molar-refractivity contribution in [2.45, 2.75) is 31.6 Å². The highest BCUT2D eigenvalue weighted by atomic mass is 32.2. The minimum atomic E-state index is -3.56. The quantitative estimate of drug-likeness (QED) is 0.454. The van der Waals surface area contributed by atoms with Crippen molar-refractivity contribution in [2.75, 3.05) is 25.0 Å². The lowest BCUT2D eigenvalue weighted by molar-refractivity contribution is -0.147. The normalized spacial score (nSPS) is 11.6. The van der Waals surface area contributed by atoms with E-state index >= 15 is 0 Å². The SMILES string of the molecule is CCN(CC)S(=O)(=O)c1ccc(NC(=O)COC(=O)CCc2c[nH]c3ccccc23)cc1. The maximum Gasteiger partial charge on any atom is 0.306 e. The Hall–Kier alpha value is -3.17. The number of H-pyrrole nitrogens is 1. The van der Waals surface area contributed by atoms with Gasteiger partial charge in [-0.15, -0.1) is 0 Å². The Morgan fingerprint density at radius 3 is 2.41 bits per heavy atom. The van der Waals surface area contributed by atoms with E-state index in [-0.39, 0.29) is 11.3 Å². The topological polar surface area (TPSA) is 109 Å². The first-order valence-electron chi connectivity index (χ1n) is 10.5. The molecule has 0 bridgehead atoms. The molecule has 32 heavy (non-hydrogen) atoms. The number of amides is 1. The van der Waals surface area contributed by atoms with Crippen LogP contribution in [-0.4, -0.2) is 49.3 Å². The first kappa shape index (κ1) is 23.5. The lowest BCUT2D eigenvalue weighted by Crippen LogP contribution is -2.30. The Kier molecular flexibility index (Phi) is 7.66. The predicted octanol–water partition coefficient (Wildman–Crippen LogP) is 3.31. The Balaban J connectivity index is 1.47. The molecule has 170 valence electrons. The van der Waals surface area contributed by atoms with Crippen LogP contribution in [0.15, 0.2) is 59.6 Å². The van der Waals surface area contributed by atoms with Gasteiger partial charge >= 0.3 is 5.97 Å². The van der Waals surface area contributed by atoms with Gasteiger partial charge in [0.25, 0.3) is 5.91 Å². The van der Waals surface area contributed by atoms with Crippen LogP contribution in [0.3, 0.4) is 0 Å². The number of aromatic nitrogens is 1. The van der Waals surface area contributed by atoms with Gasteiger partial charge in [0.1, 0.15) is 0 Å². The summed E-state index contributed by atoms with van der Waals surface area (Å²) in [6, 6.07) is 13.7. The predicted molar refractivity (Wildman–Crippen MR) is 123 cm³/mol. The molecular weight excluding hydrogens is 430 g/mol. The Morgan fingerprint density at radius 1 is 1.03 bits per heavy atom. The largest absolute Gasteiger partial charge is 0.456 e. The van der Waals surface area contributed by atoms with Gasteiger partial charge in [-0.1, -0.05) is 32.0 Å². The molecule has 9 heteroatoms. The second-order valence-corrected chi connectivity index (χ2v) is 9.12. The van der Waals surface area contributed by atoms with Crippen molar-refractivity contribution < 1.29 is 22.7 Å². The molecule has 0 atom stereocenters. The molecule has 0 aliphatic heterocycles. The number of rotatable bonds is 10. The summed E-state index contributed by atoms with van der Waals surface area (Å²) in [6.45, 7) is 3.90. The van der Waals surface area contributed by atoms with Crippen molar-refractivity contribution in [3.8, 4) is 0 Å². The lowest BCUT2D eigenvalue weighted by Gasteiger charge is -2.18. The van der Waals surface area contributed by atoms with Gasteiger partial charge in [-0.25, -0.2) is 8.42 Å². The van der Waals surface area contributed by atoms with Crippen molar-refractivity contribution in [2.24, 2.45) is 0 Å². The highest BCUT2D eigenvalue weighted by Gasteiger charge is 2.21. The van der Waals surface area contributed by atoms with Gasteiger partial charge in [-0.05, 0) is 42.3 Å². The number of hydrogen-bond donors (Lipinski definition) is 2. The van der Waals surface area contributed by atoms with E-state index in [9.17, 15) is 18.0 Å². The maximum atomic E-state index is 12.5. The van der Waals surface area contributed by atoms with Crippen LogP contribution in [0, 0.1) is 0 Å². The van der Waals surface area contributed by atoms with E-state index in [2.05, 4.69) is 10.3 Å². The summed E-state index contributed by atoms with van der Waals surface area (Å²) in [6.07, 6.45) is 2.54. The monoisotopic (exact) mass is 457 g/mol. The number of hydrogen-bond acceptors (Lipinski definition) is 5. The fraction of sp³-hybridized carbons (Fsp3) is 0.304. The zero-order chi connectivity index (χ0) is 23.1. The van der Waals surface area contributed by atoms with Gasteiger partial charge in [0, 0.05) is 42.3 Å². The molecule has 0 saturated carbocycles. The number of aryl methyl sites for hydroxylation is 1. The van der Waals surface area contributed by atoms with E-state index in [4.69, 9.17) is 4.74 Å². The summed E-state index contributed by atoms with van der Waals surface area (Å²) in [5.41, 5.74) is 2.44. The van der Waals surface area contributed by atoms with Gasteiger partial charge in [0.15, 0.2) is 6.61 Å². The third-order valence-electron chi connectivity index (χ3n) is 5.12. The third kappa shape index (κ3) is 5.54. The van der Waals surface area contributed by atoms with Gasteiger partial charge in [-0.3, -0.25) is 9.59 Å². The van der Waals surface area contributed by atoms with E-state index in [0.29, 0.717) is 25.2 Å². The molecule has 3 aromatic rings. The summed E-state index contributed by atoms with van der Waals surface area (Å²) in [7, 11) is -3.56. The Morgan fingerprint density at radius 2 is 1.72 bits per heavy atom. The fourth-order valence-electron chi connectivity index (χ4n) is 3.41. The van der Waals surface area contributed by atoms with E-state index < -0.39 is 28.5 Å². The smallest absolute Gasteiger partial charge is 0.306 e. The summed E-state index contributed by atoms with van der Waals surface area (Å²) in [5, 5.41) is 3.66. The second kappa shape index (κ2) is 10.4. The van der Waals surface area contributed by atoms with Crippen molar-refractivity contribution in [3.05, 3.63) is 60.3 Å². The fourth-order valence-corrected chi connectivity index (χ4v) is 4.87. The zero-order valence-electron chi connectivity index (χ0n) is 18.1. The van der Waals surface area contributed by atoms with Crippen LogP contribution in [0.1, 0.15) is 25.8 Å². The van der Waals surface area contributed by atoms with Crippen molar-refractivity contribution in [1.29, 1.82) is 0 Å². The number of anilines is 1. The van der Waals surface area contributed by atoms with Crippen LogP contribution in [-0.2, 0) is 30.8 Å². The van der Waals surface area contributed by atoms with E-state index in [1.807, 2.05) is 30.5 Å². The molecule has 0 radical (unpaired) electrons. The van der Waals surface area contributed by atoms with Gasteiger partial charge in [0.2, 0.25) is 10.0 Å². The molecule has 2 N–H and O–H groups in total. The molecular formula is C23H27N3O5S. The number of aromatic amines is 1. The second-order valence-electron chi connectivity index (χ2n) is 7.18. The van der Waals surface area contributed by atoms with Gasteiger partial charge in [-0.2, -0.15) is 4.31 Å². The Labute approximate surface area is 187 Å². The highest BCUT2D eigenvalue weighted by molar-refractivity contribution is 7.89. The molecule has 0 spiro atoms. The standard InChI is InChI=1S/C23H27N3O5S/c1-3-26(4-2)32(29,30)19-12-10-18(11-13-19)25-22(27)16-31-23(28)14-9-17-15-24-21-8-6-5-7-20(17)21/h5-8,10-13,15,24H,3-4,9,14,16H2,1-2H3,(H,25,27). The van der Waals surface area contributed by atoms with Crippen LogP contribution >= 0.6 is 0 Å². The first-order chi connectivity index (χ1) is 15.3. The first-order valence-corrected chi connectivity index (χ1v) is 11.9. The van der Waals surface area contributed by atoms with Crippen molar-refractivity contribution in [1.82, 2.24) is 9.29 Å². The third-order valence-corrected chi connectivity index (χ3v) is 7.18. The lowest BCUT2D eigenvalue weighted by atomic mass is 10.1. The van der Waals surface area contributed by atoms with Crippen LogP contribution < -0.4 is 5.32 Å². The molecule has 0 aliphatic rings. The molecule has 0 unspecified atom stereocenters. The number of benzene rings is 2. The summed E-state index contributed by atoms with van der Waals surface area (Å²) >= 11 is 0. The van der Waals surface area contributed by atoms with Crippen LogP contribution in [0.2, 0.25) is 0 Å². The molecule has 1 amide bonds. The summed E-state index contributed by atoms with van der Waals surface area (Å²) in [5.74, 6) is -0.962. The number of ether oxygens (including phenoxy) is 1. The number of carbonyl (C=O) groups excluding carboxylic acids is 2. The molecule has 1 heterocycles. The molecule has 0 saturated heterocycles. The molecule has 3 rings (SSSR count). The van der Waals surface area contributed by atoms with Crippen molar-refractivity contribution >= 4 is 38.5 Å². The van der Waals surface area contributed by atoms with E-state index in [0.717, 1.165) is 16.5 Å². The average molecular weight is 458 g/mol. The number of esters is 1. The molecule has 8 nitrogen and oxygen atoms in total. The zero-order valence-corrected chi connectivity index (χ0v) is 18.9. The van der Waals surface area contributed by atoms with E-state index in [1.54, 1.807) is 13.8 Å². The number of sulfonamides is 1. The summed E-state index contributed by atoms with van der Waals surface area (Å²) < 4.78 is 31.4. The number of nitrogens with zero attached hydrogens (tertiary/aromatic N) is 1. The molecule has 0 fully saturated rings. The molecule has 0 aliphatic carbocycles. The average Bonchev–Trinajstić information content (AvgIpc) is 3.20. The molecule has 2 aromatic carbocycles. The number of para-hydroxylation sites is 1. The minimum absolute atomic E-state index is 0.155. The van der Waals surface area contributed by atoms with Crippen LogP contribution in [0.25, 0.3) is 10.9 Å². The Bertz CT molecular complexity index is 1180. The number of carbonyl (C=O) groups is 2. The van der Waals surface area contributed by atoms with Crippen LogP contribution in [0.5, 0.6) is 0 Å². The highest BCUT2D eigenvalue weighted by Crippen LogP contribution is 2.20. The summed E-state index contributed by atoms with van der Waals surface area (Å²) in [4.78, 5) is 27.4. The number of fused-ring (bicyclic) bond motifs is 1. The number of nitrogens with one attached hydrogen (secondary N) is 2.